The van der Waals surface area contributed by atoms with Crippen LogP contribution in [0.1, 0.15) is 49.9 Å². The molecule has 0 fully saturated rings. The van der Waals surface area contributed by atoms with Gasteiger partial charge in [0.25, 0.3) is 0 Å². The molecule has 0 atom stereocenters. The molecule has 282 valence electrons. The molecule has 0 nitrogen and oxygen atoms in total. The highest BCUT2D eigenvalue weighted by molar-refractivity contribution is 7.03. The predicted molar refractivity (Wildman–Crippen MR) is 255 cm³/mol. The molecule has 0 spiro atoms. The van der Waals surface area contributed by atoms with Gasteiger partial charge in [-0.2, -0.15) is 0 Å². The average Bonchev–Trinajstić information content (AvgIpc) is 3.74. The Morgan fingerprint density at radius 1 is 0.305 bits per heavy atom. The van der Waals surface area contributed by atoms with Crippen LogP contribution in [0.2, 0.25) is 13.1 Å². The number of rotatable bonds is 3. The third-order valence-corrected chi connectivity index (χ3v) is 18.3. The van der Waals surface area contributed by atoms with Gasteiger partial charge in [-0.3, -0.25) is 0 Å². The van der Waals surface area contributed by atoms with Crippen molar-refractivity contribution in [2.45, 2.75) is 51.6 Å². The minimum Gasteiger partial charge on any atom is -0.0623 e. The molecule has 0 amide bonds. The van der Waals surface area contributed by atoms with Crippen molar-refractivity contribution in [2.24, 2.45) is 0 Å². The van der Waals surface area contributed by atoms with Crippen LogP contribution in [0.25, 0.3) is 88.3 Å². The standard InChI is InChI=1S/C58H46Si/c1-57(2)49-20-12-9-15-39(49)41-27-23-36(33-51(41)57)35-24-29-46-48(31-35)56(38-25-28-42-40-16-10-13-21-50(40)58(3,4)52(42)34-38)45-19-8-7-18-44(45)55(46)37-26-30-54-47(32-37)43-17-11-14-22-53(43)59(54,5)6/h7-34H,1-6H3. The Morgan fingerprint density at radius 2 is 0.729 bits per heavy atom. The van der Waals surface area contributed by atoms with E-state index in [1.807, 2.05) is 0 Å². The van der Waals surface area contributed by atoms with E-state index in [-0.39, 0.29) is 10.8 Å². The Hall–Kier alpha value is -6.28. The molecule has 0 saturated heterocycles. The van der Waals surface area contributed by atoms with E-state index in [1.54, 1.807) is 10.4 Å². The summed E-state index contributed by atoms with van der Waals surface area (Å²) in [6, 6.07) is 65.4. The number of fused-ring (bicyclic) bond motifs is 11. The minimum atomic E-state index is -1.79. The lowest BCUT2D eigenvalue weighted by molar-refractivity contribution is 0.660. The van der Waals surface area contributed by atoms with Gasteiger partial charge in [-0.15, -0.1) is 0 Å². The summed E-state index contributed by atoms with van der Waals surface area (Å²) >= 11 is 0. The predicted octanol–water partition coefficient (Wildman–Crippen LogP) is 14.4. The van der Waals surface area contributed by atoms with Crippen molar-refractivity contribution in [1.29, 1.82) is 0 Å². The molecule has 1 heterocycles. The van der Waals surface area contributed by atoms with E-state index >= 15 is 0 Å². The van der Waals surface area contributed by atoms with Crippen LogP contribution in [-0.4, -0.2) is 8.07 Å². The van der Waals surface area contributed by atoms with Gasteiger partial charge in [0.15, 0.2) is 0 Å². The van der Waals surface area contributed by atoms with E-state index in [4.69, 9.17) is 0 Å². The van der Waals surface area contributed by atoms with E-state index in [0.29, 0.717) is 0 Å². The SMILES string of the molecule is CC1(C)c2ccccc2-c2ccc(-c3ccc4c(-c5ccc6c(c5)-c5ccccc5[Si]6(C)C)c5ccccc5c(-c5ccc6c(c5)C(C)(C)c5ccccc5-6)c4c3)cc21. The smallest absolute Gasteiger partial charge is 0.0623 e. The van der Waals surface area contributed by atoms with Crippen molar-refractivity contribution in [3.05, 3.63) is 192 Å². The van der Waals surface area contributed by atoms with Crippen molar-refractivity contribution < 1.29 is 0 Å². The molecule has 9 aromatic rings. The Labute approximate surface area is 348 Å². The second kappa shape index (κ2) is 11.9. The van der Waals surface area contributed by atoms with Crippen LogP contribution in [0.15, 0.2) is 170 Å². The van der Waals surface area contributed by atoms with Gasteiger partial charge in [-0.1, -0.05) is 186 Å². The Bertz CT molecular complexity index is 3300. The Kier molecular flexibility index (Phi) is 7.01. The van der Waals surface area contributed by atoms with Gasteiger partial charge in [-0.05, 0) is 145 Å². The Morgan fingerprint density at radius 3 is 1.39 bits per heavy atom. The molecule has 9 aromatic carbocycles. The fourth-order valence-electron chi connectivity index (χ4n) is 11.6. The minimum absolute atomic E-state index is 0.0638. The second-order valence-corrected chi connectivity index (χ2v) is 23.2. The largest absolute Gasteiger partial charge is 0.113 e. The maximum Gasteiger partial charge on any atom is 0.113 e. The zero-order valence-corrected chi connectivity index (χ0v) is 35.7. The molecular weight excluding hydrogens is 725 g/mol. The van der Waals surface area contributed by atoms with Crippen molar-refractivity contribution in [1.82, 2.24) is 0 Å². The van der Waals surface area contributed by atoms with Crippen molar-refractivity contribution in [3.8, 4) is 66.8 Å². The lowest BCUT2D eigenvalue weighted by Crippen LogP contribution is -2.49. The molecule has 1 aliphatic heterocycles. The monoisotopic (exact) mass is 770 g/mol. The summed E-state index contributed by atoms with van der Waals surface area (Å²) in [5.41, 5.74) is 21.4. The quantitative estimate of drug-likeness (QED) is 0.124. The first kappa shape index (κ1) is 34.7. The van der Waals surface area contributed by atoms with Crippen molar-refractivity contribution in [3.63, 3.8) is 0 Å². The van der Waals surface area contributed by atoms with Gasteiger partial charge >= 0.3 is 0 Å². The first-order chi connectivity index (χ1) is 28.5. The molecule has 0 unspecified atom stereocenters. The molecule has 2 aliphatic carbocycles. The average molecular weight is 771 g/mol. The summed E-state index contributed by atoms with van der Waals surface area (Å²) in [6.45, 7) is 14.6. The zero-order chi connectivity index (χ0) is 40.0. The highest BCUT2D eigenvalue weighted by Crippen LogP contribution is 2.53. The third-order valence-electron chi connectivity index (χ3n) is 14.7. The van der Waals surface area contributed by atoms with Gasteiger partial charge in [0.1, 0.15) is 8.07 Å². The molecule has 0 saturated carbocycles. The fraction of sp³-hybridized carbons (Fsp3) is 0.138. The summed E-state index contributed by atoms with van der Waals surface area (Å²) in [4.78, 5) is 0. The summed E-state index contributed by atoms with van der Waals surface area (Å²) in [7, 11) is -1.79. The topological polar surface area (TPSA) is 0 Å². The van der Waals surface area contributed by atoms with Gasteiger partial charge < -0.3 is 0 Å². The molecule has 0 N–H and O–H groups in total. The number of hydrogen-bond donors (Lipinski definition) is 0. The summed E-state index contributed by atoms with van der Waals surface area (Å²) < 4.78 is 0. The van der Waals surface area contributed by atoms with Crippen LogP contribution in [0.4, 0.5) is 0 Å². The van der Waals surface area contributed by atoms with E-state index in [1.165, 1.54) is 111 Å². The van der Waals surface area contributed by atoms with Gasteiger partial charge in [-0.25, -0.2) is 0 Å². The van der Waals surface area contributed by atoms with E-state index in [0.717, 1.165) is 0 Å². The summed E-state index contributed by atoms with van der Waals surface area (Å²) in [5, 5.41) is 8.26. The highest BCUT2D eigenvalue weighted by Gasteiger charge is 2.39. The third kappa shape index (κ3) is 4.65. The number of benzene rings is 9. The molecule has 12 rings (SSSR count). The van der Waals surface area contributed by atoms with Gasteiger partial charge in [0.05, 0.1) is 0 Å². The van der Waals surface area contributed by atoms with Crippen LogP contribution < -0.4 is 10.4 Å². The maximum absolute atomic E-state index is 2.51. The lowest BCUT2D eigenvalue weighted by Gasteiger charge is -2.24. The molecular formula is C58H46Si. The molecule has 0 radical (unpaired) electrons. The van der Waals surface area contributed by atoms with E-state index in [2.05, 4.69) is 211 Å². The lowest BCUT2D eigenvalue weighted by atomic mass is 9.80. The van der Waals surface area contributed by atoms with Crippen molar-refractivity contribution in [2.75, 3.05) is 0 Å². The molecule has 0 aromatic heterocycles. The van der Waals surface area contributed by atoms with E-state index in [9.17, 15) is 0 Å². The highest BCUT2D eigenvalue weighted by atomic mass is 28.3. The summed E-state index contributed by atoms with van der Waals surface area (Å²) in [5.74, 6) is 0. The normalized spacial score (nSPS) is 15.7. The Balaban J connectivity index is 1.13. The molecule has 0 bridgehead atoms. The zero-order valence-electron chi connectivity index (χ0n) is 34.7. The molecule has 3 aliphatic rings. The fourth-order valence-corrected chi connectivity index (χ4v) is 14.7. The maximum atomic E-state index is 2.51. The molecule has 59 heavy (non-hydrogen) atoms. The molecule has 1 heteroatoms. The van der Waals surface area contributed by atoms with E-state index < -0.39 is 8.07 Å². The second-order valence-electron chi connectivity index (χ2n) is 18.8. The number of hydrogen-bond acceptors (Lipinski definition) is 0. The first-order valence-corrected chi connectivity index (χ1v) is 24.3. The van der Waals surface area contributed by atoms with Crippen LogP contribution in [0.5, 0.6) is 0 Å². The first-order valence-electron chi connectivity index (χ1n) is 21.3. The van der Waals surface area contributed by atoms with Crippen LogP contribution in [0.3, 0.4) is 0 Å². The van der Waals surface area contributed by atoms with Gasteiger partial charge in [0.2, 0.25) is 0 Å². The van der Waals surface area contributed by atoms with Crippen molar-refractivity contribution >= 4 is 40.0 Å². The van der Waals surface area contributed by atoms with Crippen LogP contribution in [-0.2, 0) is 10.8 Å². The van der Waals surface area contributed by atoms with Crippen LogP contribution in [0, 0.1) is 0 Å². The van der Waals surface area contributed by atoms with Crippen LogP contribution >= 0.6 is 0 Å². The summed E-state index contributed by atoms with van der Waals surface area (Å²) in [6.07, 6.45) is 0. The van der Waals surface area contributed by atoms with Gasteiger partial charge in [0, 0.05) is 10.8 Å².